The van der Waals surface area contributed by atoms with Gasteiger partial charge in [0.05, 0.1) is 5.56 Å². The van der Waals surface area contributed by atoms with Crippen molar-refractivity contribution in [2.75, 3.05) is 91.6 Å². The van der Waals surface area contributed by atoms with Gasteiger partial charge in [0.15, 0.2) is 10.0 Å². The first kappa shape index (κ1) is 55.7. The highest BCUT2D eigenvalue weighted by molar-refractivity contribution is 7.11. The molecule has 19 nitrogen and oxygen atoms in total. The van der Waals surface area contributed by atoms with Gasteiger partial charge in [-0.3, -0.25) is 24.2 Å². The van der Waals surface area contributed by atoms with Crippen LogP contribution in [-0.2, 0) is 35.4 Å². The van der Waals surface area contributed by atoms with Gasteiger partial charge in [0.1, 0.15) is 11.2 Å². The van der Waals surface area contributed by atoms with Crippen LogP contribution in [0.2, 0.25) is 0 Å². The zero-order valence-corrected chi connectivity index (χ0v) is 44.3. The minimum Gasteiger partial charge on any atom is -0.478 e. The maximum Gasteiger partial charge on any atom is 0.410 e. The van der Waals surface area contributed by atoms with Crippen molar-refractivity contribution in [1.82, 2.24) is 49.6 Å². The summed E-state index contributed by atoms with van der Waals surface area (Å²) in [6, 6.07) is 11.9. The molecule has 2 N–H and O–H groups in total. The summed E-state index contributed by atoms with van der Waals surface area (Å²) in [4.78, 5) is 95.1. The van der Waals surface area contributed by atoms with Crippen molar-refractivity contribution in [2.45, 2.75) is 98.2 Å². The quantitative estimate of drug-likeness (QED) is 0.231. The van der Waals surface area contributed by atoms with E-state index >= 15 is 0 Å². The number of aromatic nitrogens is 2. The van der Waals surface area contributed by atoms with Crippen molar-refractivity contribution in [3.05, 3.63) is 103 Å². The lowest BCUT2D eigenvalue weighted by atomic mass is 9.96. The molecule has 0 unspecified atom stereocenters. The highest BCUT2D eigenvalue weighted by Gasteiger charge is 2.38. The van der Waals surface area contributed by atoms with Crippen LogP contribution in [0.3, 0.4) is 0 Å². The van der Waals surface area contributed by atoms with Crippen LogP contribution in [0.25, 0.3) is 0 Å². The average molecular weight is 1060 g/mol. The number of thiazole rings is 2. The Morgan fingerprint density at radius 2 is 0.986 bits per heavy atom. The fourth-order valence-corrected chi connectivity index (χ4v) is 10.6. The number of carbonyl (C=O) groups is 6. The number of nitrogens with zero attached hydrogens (tertiary/aromatic N) is 9. The minimum absolute atomic E-state index is 0. The Balaban J connectivity index is 0.000000177. The van der Waals surface area contributed by atoms with E-state index in [2.05, 4.69) is 25.1 Å². The van der Waals surface area contributed by atoms with Gasteiger partial charge in [-0.1, -0.05) is 19.6 Å². The zero-order valence-electron chi connectivity index (χ0n) is 42.7. The summed E-state index contributed by atoms with van der Waals surface area (Å²) in [5, 5.41) is 17.1. The van der Waals surface area contributed by atoms with Gasteiger partial charge in [-0.15, -0.1) is 22.7 Å². The number of rotatable bonds is 6. The summed E-state index contributed by atoms with van der Waals surface area (Å²) in [6.07, 6.45) is 4.08. The first-order valence-corrected chi connectivity index (χ1v) is 26.8. The van der Waals surface area contributed by atoms with Crippen LogP contribution in [0.15, 0.2) is 59.6 Å². The van der Waals surface area contributed by atoms with Crippen molar-refractivity contribution in [3.63, 3.8) is 0 Å². The molecule has 6 aliphatic rings. The molecule has 0 aliphatic carbocycles. The van der Waals surface area contributed by atoms with E-state index in [1.54, 1.807) is 40.4 Å². The van der Waals surface area contributed by atoms with Crippen LogP contribution in [0.4, 0.5) is 9.59 Å². The van der Waals surface area contributed by atoms with E-state index < -0.39 is 17.2 Å². The van der Waals surface area contributed by atoms with Gasteiger partial charge in [-0.05, 0) is 101 Å². The van der Waals surface area contributed by atoms with Crippen molar-refractivity contribution < 1.29 is 43.3 Å². The number of carbonyl (C=O) groups excluding carboxylic acids is 5. The van der Waals surface area contributed by atoms with E-state index in [9.17, 15) is 28.8 Å². The number of nitrogens with one attached hydrogen (secondary N) is 1. The average Bonchev–Trinajstić information content (AvgIpc) is 4.08. The summed E-state index contributed by atoms with van der Waals surface area (Å²) < 4.78 is 10.8. The van der Waals surface area contributed by atoms with Crippen LogP contribution in [-0.4, -0.2) is 200 Å². The number of hydrogen-bond acceptors (Lipinski definition) is 15. The lowest BCUT2D eigenvalue weighted by Gasteiger charge is -2.48. The van der Waals surface area contributed by atoms with Crippen LogP contribution in [0.1, 0.15) is 112 Å². The molecule has 6 aliphatic heterocycles. The second-order valence-electron chi connectivity index (χ2n) is 21.1. The Kier molecular flexibility index (Phi) is 18.2. The molecule has 400 valence electrons. The molecule has 0 radical (unpaired) electrons. The molecular formula is C53H72N10O9S2. The predicted molar refractivity (Wildman–Crippen MR) is 283 cm³/mol. The number of ether oxygens (including phenoxy) is 2. The van der Waals surface area contributed by atoms with Gasteiger partial charge < -0.3 is 44.4 Å². The van der Waals surface area contributed by atoms with Crippen molar-refractivity contribution >= 4 is 58.6 Å². The fourth-order valence-electron chi connectivity index (χ4n) is 9.41. The number of carboxylic acid groups (broad SMARTS) is 1. The van der Waals surface area contributed by atoms with Gasteiger partial charge in [0, 0.05) is 146 Å². The number of benzene rings is 2. The predicted octanol–water partition coefficient (Wildman–Crippen LogP) is 5.91. The Morgan fingerprint density at radius 3 is 1.38 bits per heavy atom. The standard InChI is InChI=1S/C26H33N5O4S.C15H19NO4.C11H16N4OS.CH4/c1-26(2,3)35-25(34)30-8-6-18-14-19(4-5-20(18)15-30)23(32)31-16-21(17-31)28-9-11-29(12-10-28)24(33)22-27-7-13-36-22;1-15(2,3)20-14(19)16-7-6-10-8-11(13(17)18)4-5-12(10)9-16;16-11(10-13-1-6-17-10)15-4-2-14(3-5-15)9-7-12-8-9;/h4-5,7,13-14,21H,6,8-12,15-17H2,1-3H3;4-5,8H,6-7,9H2,1-3H3,(H,17,18);1,6,9,12H,2-5,7-8H2;1H4. The van der Waals surface area contributed by atoms with Gasteiger partial charge >= 0.3 is 18.2 Å². The molecule has 74 heavy (non-hydrogen) atoms. The Bertz CT molecular complexity index is 2590. The van der Waals surface area contributed by atoms with E-state index in [0.717, 1.165) is 74.6 Å². The van der Waals surface area contributed by atoms with E-state index in [4.69, 9.17) is 14.6 Å². The highest BCUT2D eigenvalue weighted by atomic mass is 32.1. The Hall–Kier alpha value is -6.00. The number of carboxylic acids is 1. The van der Waals surface area contributed by atoms with E-state index in [-0.39, 0.29) is 42.9 Å². The topological polar surface area (TPSA) is 202 Å². The molecule has 0 atom stereocenters. The first-order valence-electron chi connectivity index (χ1n) is 25.1. The van der Waals surface area contributed by atoms with E-state index in [1.807, 2.05) is 85.2 Å². The number of likely N-dealkylation sites (tertiary alicyclic amines) is 1. The molecule has 0 bridgehead atoms. The molecule has 8 heterocycles. The third-order valence-corrected chi connectivity index (χ3v) is 15.1. The molecule has 4 fully saturated rings. The van der Waals surface area contributed by atoms with Crippen LogP contribution in [0, 0.1) is 0 Å². The van der Waals surface area contributed by atoms with Gasteiger partial charge in [-0.2, -0.15) is 0 Å². The van der Waals surface area contributed by atoms with Crippen LogP contribution < -0.4 is 5.32 Å². The smallest absolute Gasteiger partial charge is 0.410 e. The third kappa shape index (κ3) is 14.2. The SMILES string of the molecule is C.CC(C)(C)OC(=O)N1CCc2cc(C(=O)N3CC(N4CCN(C(=O)c5nccs5)CC4)C3)ccc2C1.CC(C)(C)OC(=O)N1CCc2cc(C(=O)O)ccc2C1.O=C(c1nccs1)N1CCN(C2CNC2)CC1. The molecule has 0 saturated carbocycles. The molecule has 0 spiro atoms. The van der Waals surface area contributed by atoms with Crippen molar-refractivity contribution in [1.29, 1.82) is 0 Å². The van der Waals surface area contributed by atoms with Gasteiger partial charge in [0.2, 0.25) is 0 Å². The summed E-state index contributed by atoms with van der Waals surface area (Å²) in [5.41, 5.74) is 4.12. The second-order valence-corrected chi connectivity index (χ2v) is 22.9. The minimum atomic E-state index is -0.928. The highest BCUT2D eigenvalue weighted by Crippen LogP contribution is 2.27. The molecule has 10 rings (SSSR count). The first-order chi connectivity index (χ1) is 34.8. The fraction of sp³-hybridized carbons (Fsp3) is 0.547. The number of piperazine rings is 2. The normalized spacial score (nSPS) is 18.4. The van der Waals surface area contributed by atoms with Crippen molar-refractivity contribution in [2.24, 2.45) is 0 Å². The Morgan fingerprint density at radius 1 is 0.554 bits per heavy atom. The lowest BCUT2D eigenvalue weighted by Crippen LogP contribution is -2.64. The second kappa shape index (κ2) is 24.1. The van der Waals surface area contributed by atoms with E-state index in [1.165, 1.54) is 22.7 Å². The summed E-state index contributed by atoms with van der Waals surface area (Å²) in [5.74, 6) is -0.772. The maximum absolute atomic E-state index is 13.1. The number of fused-ring (bicyclic) bond motifs is 2. The van der Waals surface area contributed by atoms with E-state index in [0.29, 0.717) is 92.9 Å². The summed E-state index contributed by atoms with van der Waals surface area (Å²) in [6.45, 7) is 23.5. The number of amides is 5. The molecule has 21 heteroatoms. The van der Waals surface area contributed by atoms with Crippen molar-refractivity contribution in [3.8, 4) is 0 Å². The number of aromatic carboxylic acids is 1. The molecule has 5 amide bonds. The lowest BCUT2D eigenvalue weighted by molar-refractivity contribution is 0.00840. The van der Waals surface area contributed by atoms with Gasteiger partial charge in [-0.25, -0.2) is 24.4 Å². The van der Waals surface area contributed by atoms with Gasteiger partial charge in [0.25, 0.3) is 17.7 Å². The monoisotopic (exact) mass is 1060 g/mol. The maximum atomic E-state index is 13.1. The third-order valence-electron chi connectivity index (χ3n) is 13.6. The largest absolute Gasteiger partial charge is 0.478 e. The molecule has 4 saturated heterocycles. The summed E-state index contributed by atoms with van der Waals surface area (Å²) >= 11 is 2.80. The molecular weight excluding hydrogens is 985 g/mol. The molecule has 2 aromatic carbocycles. The zero-order chi connectivity index (χ0) is 52.0. The molecule has 2 aromatic heterocycles. The summed E-state index contributed by atoms with van der Waals surface area (Å²) in [7, 11) is 0. The van der Waals surface area contributed by atoms with Crippen LogP contribution >= 0.6 is 22.7 Å². The number of hydrogen-bond donors (Lipinski definition) is 2. The molecule has 4 aromatic rings. The Labute approximate surface area is 442 Å². The van der Waals surface area contributed by atoms with Crippen LogP contribution in [0.5, 0.6) is 0 Å².